The fourth-order valence-electron chi connectivity index (χ4n) is 2.77. The van der Waals surface area contributed by atoms with Gasteiger partial charge in [-0.15, -0.1) is 0 Å². The lowest BCUT2D eigenvalue weighted by molar-refractivity contribution is 0.0395. The first-order chi connectivity index (χ1) is 11.0. The van der Waals surface area contributed by atoms with Gasteiger partial charge in [-0.1, -0.05) is 37.6 Å². The van der Waals surface area contributed by atoms with Gasteiger partial charge in [-0.2, -0.15) is 0 Å². The summed E-state index contributed by atoms with van der Waals surface area (Å²) in [6, 6.07) is 9.97. The molecular weight excluding hydrogens is 310 g/mol. The summed E-state index contributed by atoms with van der Waals surface area (Å²) >= 11 is 5.97. The number of benzene rings is 1. The molecule has 1 saturated heterocycles. The maximum absolute atomic E-state index is 5.97. The molecule has 5 heteroatoms. The van der Waals surface area contributed by atoms with Gasteiger partial charge in [-0.25, -0.2) is 9.97 Å². The predicted octanol–water partition coefficient (Wildman–Crippen LogP) is 4.14. The highest BCUT2D eigenvalue weighted by Crippen LogP contribution is 2.27. The molecule has 1 fully saturated rings. The summed E-state index contributed by atoms with van der Waals surface area (Å²) in [5, 5.41) is 0.745. The minimum atomic E-state index is 0.0405. The van der Waals surface area contributed by atoms with Gasteiger partial charge in [0.25, 0.3) is 0 Å². The van der Waals surface area contributed by atoms with E-state index in [4.69, 9.17) is 16.3 Å². The third-order valence-corrected chi connectivity index (χ3v) is 4.32. The van der Waals surface area contributed by atoms with E-state index in [-0.39, 0.29) is 6.10 Å². The van der Waals surface area contributed by atoms with Crippen molar-refractivity contribution in [2.45, 2.75) is 32.8 Å². The lowest BCUT2D eigenvalue weighted by Gasteiger charge is -2.34. The smallest absolute Gasteiger partial charge is 0.132 e. The highest BCUT2D eigenvalue weighted by Gasteiger charge is 2.23. The van der Waals surface area contributed by atoms with Crippen LogP contribution in [0, 0.1) is 6.92 Å². The summed E-state index contributed by atoms with van der Waals surface area (Å²) in [6.45, 7) is 8.58. The Labute approximate surface area is 142 Å². The van der Waals surface area contributed by atoms with Gasteiger partial charge in [0.2, 0.25) is 0 Å². The number of halogens is 1. The maximum atomic E-state index is 5.97. The molecule has 0 spiro atoms. The molecule has 0 saturated carbocycles. The Morgan fingerprint density at radius 1 is 1.22 bits per heavy atom. The second kappa shape index (κ2) is 6.85. The van der Waals surface area contributed by atoms with Crippen LogP contribution in [0.5, 0.6) is 0 Å². The van der Waals surface area contributed by atoms with Gasteiger partial charge in [0.1, 0.15) is 17.7 Å². The number of morpholine rings is 1. The quantitative estimate of drug-likeness (QED) is 0.847. The minimum Gasteiger partial charge on any atom is -0.370 e. The third kappa shape index (κ3) is 3.82. The largest absolute Gasteiger partial charge is 0.370 e. The van der Waals surface area contributed by atoms with Crippen LogP contribution < -0.4 is 4.90 Å². The van der Waals surface area contributed by atoms with Gasteiger partial charge in [0.15, 0.2) is 0 Å². The average Bonchev–Trinajstić information content (AvgIpc) is 2.55. The molecule has 0 bridgehead atoms. The van der Waals surface area contributed by atoms with E-state index in [1.54, 1.807) is 0 Å². The molecule has 1 aromatic heterocycles. The number of hydrogen-bond donors (Lipinski definition) is 0. The van der Waals surface area contributed by atoms with E-state index in [2.05, 4.69) is 34.8 Å². The number of anilines is 1. The zero-order valence-electron chi connectivity index (χ0n) is 13.8. The molecule has 0 amide bonds. The molecule has 2 heterocycles. The van der Waals surface area contributed by atoms with E-state index < -0.39 is 0 Å². The highest BCUT2D eigenvalue weighted by atomic mass is 35.5. The van der Waals surface area contributed by atoms with Gasteiger partial charge < -0.3 is 9.64 Å². The van der Waals surface area contributed by atoms with Crippen molar-refractivity contribution >= 4 is 17.4 Å². The van der Waals surface area contributed by atoms with E-state index in [1.165, 1.54) is 0 Å². The molecule has 1 aliphatic rings. The Morgan fingerprint density at radius 3 is 2.65 bits per heavy atom. The number of rotatable bonds is 3. The Morgan fingerprint density at radius 2 is 1.96 bits per heavy atom. The monoisotopic (exact) mass is 331 g/mol. The molecule has 122 valence electrons. The van der Waals surface area contributed by atoms with Crippen molar-refractivity contribution in [3.63, 3.8) is 0 Å². The molecule has 4 nitrogen and oxygen atoms in total. The van der Waals surface area contributed by atoms with Crippen LogP contribution in [0.2, 0.25) is 5.02 Å². The van der Waals surface area contributed by atoms with Gasteiger partial charge in [0, 0.05) is 29.9 Å². The van der Waals surface area contributed by atoms with Gasteiger partial charge in [0.05, 0.1) is 6.61 Å². The van der Waals surface area contributed by atoms with Crippen LogP contribution in [0.3, 0.4) is 0 Å². The molecule has 1 aliphatic heterocycles. The zero-order valence-corrected chi connectivity index (χ0v) is 14.5. The first-order valence-corrected chi connectivity index (χ1v) is 8.38. The standard InChI is InChI=1S/C18H22ClN3O/c1-12(2)16-10-18(21-13(3)20-16)22-8-9-23-17(11-22)14-4-6-15(19)7-5-14/h4-7,10,12,17H,8-9,11H2,1-3H3. The van der Waals surface area contributed by atoms with E-state index in [0.29, 0.717) is 12.5 Å². The van der Waals surface area contributed by atoms with Crippen molar-refractivity contribution in [3.05, 3.63) is 52.4 Å². The van der Waals surface area contributed by atoms with Crippen LogP contribution in [0.15, 0.2) is 30.3 Å². The zero-order chi connectivity index (χ0) is 16.4. The summed E-state index contributed by atoms with van der Waals surface area (Å²) in [5.74, 6) is 2.20. The Balaban J connectivity index is 1.82. The lowest BCUT2D eigenvalue weighted by Crippen LogP contribution is -2.39. The first-order valence-electron chi connectivity index (χ1n) is 8.00. The predicted molar refractivity (Wildman–Crippen MR) is 93.2 cm³/mol. The summed E-state index contributed by atoms with van der Waals surface area (Å²) in [6.07, 6.45) is 0.0405. The summed E-state index contributed by atoms with van der Waals surface area (Å²) in [5.41, 5.74) is 2.23. The van der Waals surface area contributed by atoms with Crippen LogP contribution in [0.4, 0.5) is 5.82 Å². The molecule has 2 aromatic rings. The number of ether oxygens (including phenoxy) is 1. The summed E-state index contributed by atoms with van der Waals surface area (Å²) < 4.78 is 5.94. The van der Waals surface area contributed by atoms with E-state index >= 15 is 0 Å². The third-order valence-electron chi connectivity index (χ3n) is 4.07. The summed E-state index contributed by atoms with van der Waals surface area (Å²) in [4.78, 5) is 11.4. The van der Waals surface area contributed by atoms with Crippen LogP contribution in [0.25, 0.3) is 0 Å². The molecule has 0 aliphatic carbocycles. The summed E-state index contributed by atoms with van der Waals surface area (Å²) in [7, 11) is 0. The van der Waals surface area contributed by atoms with Crippen molar-refractivity contribution in [2.75, 3.05) is 24.6 Å². The van der Waals surface area contributed by atoms with Gasteiger partial charge in [-0.05, 0) is 30.5 Å². The van der Waals surface area contributed by atoms with E-state index in [9.17, 15) is 0 Å². The minimum absolute atomic E-state index is 0.0405. The van der Waals surface area contributed by atoms with Gasteiger partial charge in [-0.3, -0.25) is 0 Å². The number of hydrogen-bond acceptors (Lipinski definition) is 4. The Bertz CT molecular complexity index is 672. The molecule has 1 unspecified atom stereocenters. The Kier molecular flexibility index (Phi) is 4.83. The molecule has 3 rings (SSSR count). The molecule has 1 atom stereocenters. The number of nitrogens with zero attached hydrogens (tertiary/aromatic N) is 3. The highest BCUT2D eigenvalue weighted by molar-refractivity contribution is 6.30. The van der Waals surface area contributed by atoms with Crippen molar-refractivity contribution in [1.82, 2.24) is 9.97 Å². The normalized spacial score (nSPS) is 18.5. The SMILES string of the molecule is Cc1nc(C(C)C)cc(N2CCOC(c3ccc(Cl)cc3)C2)n1. The first kappa shape index (κ1) is 16.2. The number of aromatic nitrogens is 2. The van der Waals surface area contributed by atoms with Crippen LogP contribution in [-0.4, -0.2) is 29.7 Å². The van der Waals surface area contributed by atoms with Crippen molar-refractivity contribution in [2.24, 2.45) is 0 Å². The van der Waals surface area contributed by atoms with Crippen LogP contribution in [-0.2, 0) is 4.74 Å². The molecule has 1 aromatic carbocycles. The molecular formula is C18H22ClN3O. The fraction of sp³-hybridized carbons (Fsp3) is 0.444. The molecule has 23 heavy (non-hydrogen) atoms. The van der Waals surface area contributed by atoms with Crippen molar-refractivity contribution in [3.8, 4) is 0 Å². The molecule has 0 N–H and O–H groups in total. The van der Waals surface area contributed by atoms with Crippen LogP contribution in [0.1, 0.15) is 43.0 Å². The van der Waals surface area contributed by atoms with Gasteiger partial charge >= 0.3 is 0 Å². The lowest BCUT2D eigenvalue weighted by atomic mass is 10.1. The Hall–Kier alpha value is -1.65. The average molecular weight is 332 g/mol. The topological polar surface area (TPSA) is 38.2 Å². The number of aryl methyl sites for hydroxylation is 1. The second-order valence-corrected chi connectivity index (χ2v) is 6.65. The van der Waals surface area contributed by atoms with E-state index in [0.717, 1.165) is 41.0 Å². The fourth-order valence-corrected chi connectivity index (χ4v) is 2.89. The van der Waals surface area contributed by atoms with Crippen LogP contribution >= 0.6 is 11.6 Å². The second-order valence-electron chi connectivity index (χ2n) is 6.21. The maximum Gasteiger partial charge on any atom is 0.132 e. The van der Waals surface area contributed by atoms with Crippen molar-refractivity contribution < 1.29 is 4.74 Å². The molecule has 0 radical (unpaired) electrons. The van der Waals surface area contributed by atoms with E-state index in [1.807, 2.05) is 31.2 Å². The van der Waals surface area contributed by atoms with Crippen molar-refractivity contribution in [1.29, 1.82) is 0 Å².